The van der Waals surface area contributed by atoms with Gasteiger partial charge in [-0.15, -0.1) is 0 Å². The summed E-state index contributed by atoms with van der Waals surface area (Å²) >= 11 is 0. The molecule has 0 saturated carbocycles. The van der Waals surface area contributed by atoms with Crippen LogP contribution in [-0.4, -0.2) is 30.0 Å². The maximum atomic E-state index is 11.2. The van der Waals surface area contributed by atoms with E-state index in [1.807, 2.05) is 6.92 Å². The minimum absolute atomic E-state index is 0.0936. The highest BCUT2D eigenvalue weighted by Crippen LogP contribution is 2.28. The second-order valence-electron chi connectivity index (χ2n) is 4.55. The molecule has 5 nitrogen and oxygen atoms in total. The van der Waals surface area contributed by atoms with Crippen LogP contribution in [0.2, 0.25) is 0 Å². The first-order valence-corrected chi connectivity index (χ1v) is 6.63. The van der Waals surface area contributed by atoms with Crippen LogP contribution in [0.5, 0.6) is 0 Å². The first-order valence-electron chi connectivity index (χ1n) is 6.63. The summed E-state index contributed by atoms with van der Waals surface area (Å²) in [7, 11) is 0. The van der Waals surface area contributed by atoms with E-state index in [0.29, 0.717) is 17.9 Å². The van der Waals surface area contributed by atoms with Gasteiger partial charge in [0.15, 0.2) is 0 Å². The van der Waals surface area contributed by atoms with Crippen molar-refractivity contribution in [3.8, 4) is 0 Å². The van der Waals surface area contributed by atoms with Crippen LogP contribution < -0.4 is 5.32 Å². The van der Waals surface area contributed by atoms with Gasteiger partial charge in [-0.3, -0.25) is 4.79 Å². The molecule has 0 radical (unpaired) electrons. The van der Waals surface area contributed by atoms with Crippen LogP contribution in [0.1, 0.15) is 40.5 Å². The Bertz CT molecular complexity index is 387. The number of amides is 1. The molecule has 2 atom stereocenters. The summed E-state index contributed by atoms with van der Waals surface area (Å²) < 4.78 is 11.3. The van der Waals surface area contributed by atoms with Crippen molar-refractivity contribution in [1.82, 2.24) is 5.32 Å². The van der Waals surface area contributed by atoms with Crippen LogP contribution >= 0.6 is 0 Å². The number of unbranched alkanes of at least 4 members (excludes halogenated alkanes) is 1. The van der Waals surface area contributed by atoms with E-state index in [0.717, 1.165) is 12.8 Å². The number of aliphatic hydroxyl groups is 1. The Labute approximate surface area is 114 Å². The highest BCUT2D eigenvalue weighted by atomic mass is 16.7. The zero-order chi connectivity index (χ0) is 14.4. The maximum absolute atomic E-state index is 11.2. The van der Waals surface area contributed by atoms with E-state index in [4.69, 9.17) is 9.47 Å². The minimum atomic E-state index is -0.689. The van der Waals surface area contributed by atoms with Crippen molar-refractivity contribution in [2.45, 2.75) is 52.9 Å². The third kappa shape index (κ3) is 3.99. The predicted octanol–water partition coefficient (Wildman–Crippen LogP) is 2.40. The molecule has 0 aromatic carbocycles. The van der Waals surface area contributed by atoms with Crippen LogP contribution in [0.25, 0.3) is 0 Å². The molecule has 1 unspecified atom stereocenters. The zero-order valence-corrected chi connectivity index (χ0v) is 12.0. The summed E-state index contributed by atoms with van der Waals surface area (Å²) in [5.41, 5.74) is 0.622. The smallest absolute Gasteiger partial charge is 0.227 e. The molecule has 1 amide bonds. The molecule has 0 aliphatic carbocycles. The lowest BCUT2D eigenvalue weighted by atomic mass is 10.1. The molecule has 108 valence electrons. The predicted molar refractivity (Wildman–Crippen MR) is 72.4 cm³/mol. The monoisotopic (exact) mass is 269 g/mol. The number of rotatable bonds is 5. The third-order valence-electron chi connectivity index (χ3n) is 2.96. The summed E-state index contributed by atoms with van der Waals surface area (Å²) in [6.07, 6.45) is 2.99. The summed E-state index contributed by atoms with van der Waals surface area (Å²) in [5.74, 6) is 0.442. The average Bonchev–Trinajstić information content (AvgIpc) is 2.37. The molecule has 0 aromatic rings. The number of hydrogen-bond donors (Lipinski definition) is 2. The highest BCUT2D eigenvalue weighted by molar-refractivity contribution is 5.73. The number of carbonyl (C=O) groups excluding carboxylic acids is 1. The summed E-state index contributed by atoms with van der Waals surface area (Å²) in [6, 6.07) is -0.655. The largest absolute Gasteiger partial charge is 0.509 e. The van der Waals surface area contributed by atoms with Gasteiger partial charge in [0.1, 0.15) is 17.6 Å². The molecular formula is C14H23NO4. The van der Waals surface area contributed by atoms with Gasteiger partial charge in [-0.2, -0.15) is 0 Å². The van der Waals surface area contributed by atoms with Crippen molar-refractivity contribution in [3.63, 3.8) is 0 Å². The van der Waals surface area contributed by atoms with Gasteiger partial charge in [0, 0.05) is 12.5 Å². The SMILES string of the molecule is C/C=C1\O[C@@H](OCCCC)C(NC(C)=O)C(O)=C1C. The van der Waals surface area contributed by atoms with E-state index in [-0.39, 0.29) is 11.7 Å². The Morgan fingerprint density at radius 1 is 1.58 bits per heavy atom. The number of carbonyl (C=O) groups is 1. The van der Waals surface area contributed by atoms with Crippen LogP contribution in [0.4, 0.5) is 0 Å². The van der Waals surface area contributed by atoms with Gasteiger partial charge in [0.05, 0.1) is 6.61 Å². The Morgan fingerprint density at radius 2 is 2.26 bits per heavy atom. The minimum Gasteiger partial charge on any atom is -0.509 e. The summed E-state index contributed by atoms with van der Waals surface area (Å²) in [6.45, 7) is 7.57. The molecule has 1 aliphatic rings. The van der Waals surface area contributed by atoms with Gasteiger partial charge in [-0.1, -0.05) is 13.3 Å². The first kappa shape index (κ1) is 15.6. The van der Waals surface area contributed by atoms with Gasteiger partial charge in [0.2, 0.25) is 12.2 Å². The molecule has 0 aromatic heterocycles. The number of allylic oxidation sites excluding steroid dienone is 2. The van der Waals surface area contributed by atoms with E-state index in [2.05, 4.69) is 12.2 Å². The fraction of sp³-hybridized carbons (Fsp3) is 0.643. The van der Waals surface area contributed by atoms with Crippen LogP contribution in [-0.2, 0) is 14.3 Å². The molecule has 2 N–H and O–H groups in total. The van der Waals surface area contributed by atoms with E-state index in [9.17, 15) is 9.90 Å². The standard InChI is InChI=1S/C14H23NO4/c1-5-7-8-18-14-12(15-10(4)16)13(17)9(3)11(6-2)19-14/h6,12,14,17H,5,7-8H2,1-4H3,(H,15,16)/b11-6-/t12?,14-/m1/s1. The van der Waals surface area contributed by atoms with Crippen molar-refractivity contribution in [2.24, 2.45) is 0 Å². The van der Waals surface area contributed by atoms with Crippen molar-refractivity contribution < 1.29 is 19.4 Å². The number of aliphatic hydroxyl groups excluding tert-OH is 1. The number of ether oxygens (including phenoxy) is 2. The lowest BCUT2D eigenvalue weighted by Crippen LogP contribution is -2.49. The lowest BCUT2D eigenvalue weighted by molar-refractivity contribution is -0.147. The Morgan fingerprint density at radius 3 is 2.79 bits per heavy atom. The fourth-order valence-electron chi connectivity index (χ4n) is 1.88. The second-order valence-corrected chi connectivity index (χ2v) is 4.55. The average molecular weight is 269 g/mol. The van der Waals surface area contributed by atoms with Gasteiger partial charge in [0.25, 0.3) is 0 Å². The lowest BCUT2D eigenvalue weighted by Gasteiger charge is -2.33. The quantitative estimate of drug-likeness (QED) is 0.752. The van der Waals surface area contributed by atoms with Crippen molar-refractivity contribution in [1.29, 1.82) is 0 Å². The maximum Gasteiger partial charge on any atom is 0.227 e. The van der Waals surface area contributed by atoms with Gasteiger partial charge in [-0.05, 0) is 26.3 Å². The van der Waals surface area contributed by atoms with Gasteiger partial charge >= 0.3 is 0 Å². The topological polar surface area (TPSA) is 67.8 Å². The van der Waals surface area contributed by atoms with E-state index in [1.165, 1.54) is 6.92 Å². The van der Waals surface area contributed by atoms with Crippen LogP contribution in [0.3, 0.4) is 0 Å². The third-order valence-corrected chi connectivity index (χ3v) is 2.96. The molecule has 0 spiro atoms. The molecule has 1 aliphatic heterocycles. The number of hydrogen-bond acceptors (Lipinski definition) is 4. The highest BCUT2D eigenvalue weighted by Gasteiger charge is 2.35. The zero-order valence-electron chi connectivity index (χ0n) is 12.0. The van der Waals surface area contributed by atoms with E-state index < -0.39 is 12.3 Å². The Kier molecular flexibility index (Phi) is 5.89. The normalized spacial score (nSPS) is 25.4. The summed E-state index contributed by atoms with van der Waals surface area (Å²) in [4.78, 5) is 11.2. The molecule has 0 fully saturated rings. The van der Waals surface area contributed by atoms with E-state index in [1.54, 1.807) is 13.0 Å². The fourth-order valence-corrected chi connectivity index (χ4v) is 1.88. The molecule has 5 heteroatoms. The van der Waals surface area contributed by atoms with Gasteiger partial charge < -0.3 is 19.9 Å². The summed E-state index contributed by atoms with van der Waals surface area (Å²) in [5, 5.41) is 12.8. The molecule has 0 bridgehead atoms. The van der Waals surface area contributed by atoms with Crippen molar-refractivity contribution in [2.75, 3.05) is 6.61 Å². The first-order chi connectivity index (χ1) is 9.01. The second kappa shape index (κ2) is 7.19. The molecule has 1 heterocycles. The molecule has 0 saturated heterocycles. The van der Waals surface area contributed by atoms with Crippen LogP contribution in [0, 0.1) is 0 Å². The molecular weight excluding hydrogens is 246 g/mol. The number of nitrogens with one attached hydrogen (secondary N) is 1. The van der Waals surface area contributed by atoms with E-state index >= 15 is 0 Å². The molecule has 1 rings (SSSR count). The van der Waals surface area contributed by atoms with Crippen molar-refractivity contribution >= 4 is 5.91 Å². The van der Waals surface area contributed by atoms with Crippen molar-refractivity contribution in [3.05, 3.63) is 23.2 Å². The van der Waals surface area contributed by atoms with Gasteiger partial charge in [-0.25, -0.2) is 0 Å². The Hall–Kier alpha value is -1.49. The van der Waals surface area contributed by atoms with Crippen LogP contribution in [0.15, 0.2) is 23.2 Å². The molecule has 19 heavy (non-hydrogen) atoms. The Balaban J connectivity index is 2.89.